The topological polar surface area (TPSA) is 65.1 Å². The third-order valence-corrected chi connectivity index (χ3v) is 6.94. The zero-order valence-corrected chi connectivity index (χ0v) is 19.6. The van der Waals surface area contributed by atoms with Crippen LogP contribution in [0.5, 0.6) is 0 Å². The summed E-state index contributed by atoms with van der Waals surface area (Å²) in [6, 6.07) is 9.68. The maximum atomic E-state index is 12.9. The second-order valence-corrected chi connectivity index (χ2v) is 9.73. The molecule has 0 aromatic heterocycles. The number of nitrogens with zero attached hydrogens (tertiary/aromatic N) is 1. The van der Waals surface area contributed by atoms with Gasteiger partial charge in [-0.3, -0.25) is 9.59 Å². The Hall–Kier alpha value is -1.86. The van der Waals surface area contributed by atoms with Crippen molar-refractivity contribution in [3.05, 3.63) is 35.9 Å². The fraction of sp³-hybridized carbons (Fsp3) is 0.667. The van der Waals surface area contributed by atoms with Crippen LogP contribution in [-0.2, 0) is 30.2 Å². The smallest absolute Gasteiger partial charge is 0.457 e. The van der Waals surface area contributed by atoms with E-state index in [9.17, 15) is 9.59 Å². The van der Waals surface area contributed by atoms with Crippen LogP contribution in [0.4, 0.5) is 0 Å². The van der Waals surface area contributed by atoms with E-state index in [1.165, 1.54) is 0 Å². The SMILES string of the molecule is CCC(=O)N1CC(CCCB2OC(C)(C)C(C)(C)O2)[C@H](C(=O)OCc2ccccc2)C1. The van der Waals surface area contributed by atoms with Crippen LogP contribution in [0.2, 0.25) is 6.32 Å². The first-order valence-corrected chi connectivity index (χ1v) is 11.5. The first kappa shape index (κ1) is 23.8. The van der Waals surface area contributed by atoms with Crippen LogP contribution in [0, 0.1) is 11.8 Å². The Kier molecular flexibility index (Phi) is 7.48. The molecule has 2 saturated heterocycles. The Morgan fingerprint density at radius 2 is 1.74 bits per heavy atom. The Morgan fingerprint density at radius 3 is 2.35 bits per heavy atom. The van der Waals surface area contributed by atoms with Crippen molar-refractivity contribution in [2.75, 3.05) is 13.1 Å². The molecule has 170 valence electrons. The van der Waals surface area contributed by atoms with E-state index >= 15 is 0 Å². The van der Waals surface area contributed by atoms with Crippen LogP contribution in [-0.4, -0.2) is 48.2 Å². The highest BCUT2D eigenvalue weighted by Gasteiger charge is 2.50. The fourth-order valence-electron chi connectivity index (χ4n) is 4.32. The molecule has 0 N–H and O–H groups in total. The average Bonchev–Trinajstić information content (AvgIpc) is 3.24. The van der Waals surface area contributed by atoms with Crippen LogP contribution in [0.25, 0.3) is 0 Å². The Balaban J connectivity index is 1.55. The number of carbonyl (C=O) groups excluding carboxylic acids is 2. The van der Waals surface area contributed by atoms with Gasteiger partial charge in [0.25, 0.3) is 0 Å². The third-order valence-electron chi connectivity index (χ3n) is 6.94. The summed E-state index contributed by atoms with van der Waals surface area (Å²) in [5, 5.41) is 0. The van der Waals surface area contributed by atoms with Gasteiger partial charge < -0.3 is 18.9 Å². The molecule has 2 atom stereocenters. The van der Waals surface area contributed by atoms with Crippen molar-refractivity contribution in [3.63, 3.8) is 0 Å². The number of carbonyl (C=O) groups is 2. The standard InChI is InChI=1S/C24H36BNO5/c1-6-21(27)26-15-19(13-10-14-25-30-23(2,3)24(4,5)31-25)20(16-26)22(28)29-17-18-11-8-7-9-12-18/h7-9,11-12,19-20H,6,10,13-17H2,1-5H3/t19?,20-/m1/s1. The van der Waals surface area contributed by atoms with Gasteiger partial charge in [0.2, 0.25) is 5.91 Å². The number of rotatable bonds is 8. The van der Waals surface area contributed by atoms with Gasteiger partial charge in [-0.25, -0.2) is 0 Å². The molecule has 1 aromatic rings. The molecular weight excluding hydrogens is 393 g/mol. The minimum atomic E-state index is -0.334. The third kappa shape index (κ3) is 5.69. The summed E-state index contributed by atoms with van der Waals surface area (Å²) >= 11 is 0. The summed E-state index contributed by atoms with van der Waals surface area (Å²) in [5.74, 6) is -0.302. The molecule has 0 radical (unpaired) electrons. The van der Waals surface area contributed by atoms with Crippen molar-refractivity contribution in [1.29, 1.82) is 0 Å². The molecule has 1 unspecified atom stereocenters. The first-order valence-electron chi connectivity index (χ1n) is 11.5. The molecule has 2 fully saturated rings. The summed E-state index contributed by atoms with van der Waals surface area (Å²) < 4.78 is 17.8. The Labute approximate surface area is 186 Å². The van der Waals surface area contributed by atoms with Crippen LogP contribution < -0.4 is 0 Å². The predicted octanol–water partition coefficient (Wildman–Crippen LogP) is 4.09. The normalized spacial score (nSPS) is 24.4. The van der Waals surface area contributed by atoms with Gasteiger partial charge in [-0.15, -0.1) is 0 Å². The number of hydrogen-bond acceptors (Lipinski definition) is 5. The molecule has 0 spiro atoms. The van der Waals surface area contributed by atoms with E-state index in [4.69, 9.17) is 14.0 Å². The molecule has 6 nitrogen and oxygen atoms in total. The highest BCUT2D eigenvalue weighted by atomic mass is 16.7. The van der Waals surface area contributed by atoms with Crippen molar-refractivity contribution >= 4 is 19.0 Å². The lowest BCUT2D eigenvalue weighted by Crippen LogP contribution is -2.41. The number of ether oxygens (including phenoxy) is 1. The highest BCUT2D eigenvalue weighted by Crippen LogP contribution is 2.38. The second kappa shape index (κ2) is 9.74. The molecule has 1 aromatic carbocycles. The van der Waals surface area contributed by atoms with Gasteiger partial charge in [-0.1, -0.05) is 43.7 Å². The van der Waals surface area contributed by atoms with Crippen LogP contribution >= 0.6 is 0 Å². The second-order valence-electron chi connectivity index (χ2n) is 9.73. The Bertz CT molecular complexity index is 750. The monoisotopic (exact) mass is 429 g/mol. The van der Waals surface area contributed by atoms with Gasteiger partial charge in [-0.2, -0.15) is 0 Å². The summed E-state index contributed by atoms with van der Waals surface area (Å²) in [5.41, 5.74) is 0.297. The predicted molar refractivity (Wildman–Crippen MR) is 120 cm³/mol. The largest absolute Gasteiger partial charge is 0.461 e. The van der Waals surface area contributed by atoms with Crippen molar-refractivity contribution in [3.8, 4) is 0 Å². The van der Waals surface area contributed by atoms with E-state index in [2.05, 4.69) is 27.7 Å². The zero-order valence-electron chi connectivity index (χ0n) is 19.6. The summed E-state index contributed by atoms with van der Waals surface area (Å²) in [7, 11) is -0.233. The Morgan fingerprint density at radius 1 is 1.10 bits per heavy atom. The highest BCUT2D eigenvalue weighted by molar-refractivity contribution is 6.45. The molecule has 0 saturated carbocycles. The molecule has 2 aliphatic rings. The quantitative estimate of drug-likeness (QED) is 0.460. The lowest BCUT2D eigenvalue weighted by Gasteiger charge is -2.32. The summed E-state index contributed by atoms with van der Waals surface area (Å²) in [6.07, 6.45) is 2.93. The van der Waals surface area contributed by atoms with Gasteiger partial charge in [-0.05, 0) is 51.9 Å². The van der Waals surface area contributed by atoms with Gasteiger partial charge >= 0.3 is 13.1 Å². The molecule has 7 heteroatoms. The van der Waals surface area contributed by atoms with E-state index in [1.807, 2.05) is 42.2 Å². The van der Waals surface area contributed by atoms with E-state index in [1.54, 1.807) is 0 Å². The van der Waals surface area contributed by atoms with Gasteiger partial charge in [0.05, 0.1) is 17.1 Å². The van der Waals surface area contributed by atoms with Gasteiger partial charge in [0.15, 0.2) is 0 Å². The lowest BCUT2D eigenvalue weighted by atomic mass is 9.79. The molecular formula is C24H36BNO5. The maximum Gasteiger partial charge on any atom is 0.457 e. The number of esters is 1. The summed E-state index contributed by atoms with van der Waals surface area (Å²) in [6.45, 7) is 11.4. The van der Waals surface area contributed by atoms with Crippen molar-refractivity contribution in [1.82, 2.24) is 4.90 Å². The molecule has 2 aliphatic heterocycles. The van der Waals surface area contributed by atoms with Crippen LogP contribution in [0.3, 0.4) is 0 Å². The fourth-order valence-corrected chi connectivity index (χ4v) is 4.32. The maximum absolute atomic E-state index is 12.9. The number of benzene rings is 1. The van der Waals surface area contributed by atoms with E-state index in [0.29, 0.717) is 19.5 Å². The van der Waals surface area contributed by atoms with Crippen LogP contribution in [0.15, 0.2) is 30.3 Å². The average molecular weight is 429 g/mol. The van der Waals surface area contributed by atoms with E-state index in [0.717, 1.165) is 24.7 Å². The summed E-state index contributed by atoms with van der Waals surface area (Å²) in [4.78, 5) is 26.9. The molecule has 0 aliphatic carbocycles. The minimum absolute atomic E-state index is 0.0920. The molecule has 31 heavy (non-hydrogen) atoms. The first-order chi connectivity index (χ1) is 14.6. The van der Waals surface area contributed by atoms with Gasteiger partial charge in [0.1, 0.15) is 6.61 Å². The number of likely N-dealkylation sites (tertiary alicyclic amines) is 1. The van der Waals surface area contributed by atoms with Gasteiger partial charge in [0, 0.05) is 19.5 Å². The van der Waals surface area contributed by atoms with Crippen LogP contribution in [0.1, 0.15) is 59.4 Å². The minimum Gasteiger partial charge on any atom is -0.461 e. The van der Waals surface area contributed by atoms with E-state index < -0.39 is 0 Å². The van der Waals surface area contributed by atoms with Crippen molar-refractivity contribution in [2.45, 2.75) is 78.0 Å². The molecule has 2 heterocycles. The molecule has 3 rings (SSSR count). The van der Waals surface area contributed by atoms with Crippen molar-refractivity contribution in [2.24, 2.45) is 11.8 Å². The molecule has 1 amide bonds. The molecule has 0 bridgehead atoms. The number of hydrogen-bond donors (Lipinski definition) is 0. The number of amides is 1. The van der Waals surface area contributed by atoms with Crippen molar-refractivity contribution < 1.29 is 23.6 Å². The zero-order chi connectivity index (χ0) is 22.6. The van der Waals surface area contributed by atoms with E-state index in [-0.39, 0.29) is 48.6 Å². The lowest BCUT2D eigenvalue weighted by molar-refractivity contribution is -0.150.